The molecule has 0 aromatic heterocycles. The van der Waals surface area contributed by atoms with Gasteiger partial charge in [0.25, 0.3) is 0 Å². The van der Waals surface area contributed by atoms with Gasteiger partial charge in [0.05, 0.1) is 6.61 Å². The van der Waals surface area contributed by atoms with Crippen molar-refractivity contribution in [1.29, 1.82) is 0 Å². The van der Waals surface area contributed by atoms with Gasteiger partial charge in [-0.2, -0.15) is 0 Å². The van der Waals surface area contributed by atoms with Crippen molar-refractivity contribution < 1.29 is 9.53 Å². The van der Waals surface area contributed by atoms with E-state index in [1.165, 1.54) is 25.7 Å². The van der Waals surface area contributed by atoms with Crippen LogP contribution in [0.2, 0.25) is 0 Å². The monoisotopic (exact) mass is 282 g/mol. The summed E-state index contributed by atoms with van der Waals surface area (Å²) in [6.07, 6.45) is 7.15. The molecule has 0 heterocycles. The first-order valence-corrected chi connectivity index (χ1v) is 7.31. The maximum absolute atomic E-state index is 11.1. The van der Waals surface area contributed by atoms with Crippen LogP contribution in [0.3, 0.4) is 0 Å². The van der Waals surface area contributed by atoms with Gasteiger partial charge in [0.15, 0.2) is 0 Å². The standard InChI is InChI=1S/C13H27O2P.ClH/c1-4-13(5-2,6-3)9-7-10-15-12(14)8-11-16;/h4-11,16H2,1-3H3;1H. The minimum atomic E-state index is -0.0647. The molecule has 0 aliphatic heterocycles. The average Bonchev–Trinajstić information content (AvgIpc) is 2.31. The second kappa shape index (κ2) is 11.3. The summed E-state index contributed by atoms with van der Waals surface area (Å²) in [6.45, 7) is 7.36. The minimum absolute atomic E-state index is 0. The Morgan fingerprint density at radius 2 is 1.71 bits per heavy atom. The normalized spacial score (nSPS) is 10.8. The summed E-state index contributed by atoms with van der Waals surface area (Å²) in [5.74, 6) is -0.0647. The third-order valence-corrected chi connectivity index (χ3v) is 4.00. The van der Waals surface area contributed by atoms with Crippen molar-refractivity contribution in [1.82, 2.24) is 0 Å². The van der Waals surface area contributed by atoms with Gasteiger partial charge in [-0.05, 0) is 24.4 Å². The first-order valence-electron chi connectivity index (χ1n) is 6.49. The van der Waals surface area contributed by atoms with E-state index < -0.39 is 0 Å². The van der Waals surface area contributed by atoms with Gasteiger partial charge >= 0.3 is 5.97 Å². The van der Waals surface area contributed by atoms with Crippen LogP contribution in [0.5, 0.6) is 0 Å². The molecular formula is C13H28ClO2P. The van der Waals surface area contributed by atoms with Crippen LogP contribution in [0, 0.1) is 5.41 Å². The lowest BCUT2D eigenvalue weighted by atomic mass is 9.76. The maximum Gasteiger partial charge on any atom is 0.306 e. The molecule has 0 rings (SSSR count). The van der Waals surface area contributed by atoms with Crippen LogP contribution >= 0.6 is 21.6 Å². The molecule has 0 saturated heterocycles. The molecular weight excluding hydrogens is 255 g/mol. The van der Waals surface area contributed by atoms with E-state index >= 15 is 0 Å². The molecule has 2 nitrogen and oxygen atoms in total. The van der Waals surface area contributed by atoms with E-state index in [1.54, 1.807) is 0 Å². The topological polar surface area (TPSA) is 26.3 Å². The fraction of sp³-hybridized carbons (Fsp3) is 0.923. The van der Waals surface area contributed by atoms with E-state index in [0.717, 1.165) is 12.6 Å². The Morgan fingerprint density at radius 3 is 2.12 bits per heavy atom. The lowest BCUT2D eigenvalue weighted by Crippen LogP contribution is -2.18. The fourth-order valence-corrected chi connectivity index (χ4v) is 2.34. The van der Waals surface area contributed by atoms with Crippen LogP contribution in [-0.2, 0) is 9.53 Å². The van der Waals surface area contributed by atoms with E-state index in [9.17, 15) is 4.79 Å². The molecule has 104 valence electrons. The second-order valence-electron chi connectivity index (χ2n) is 4.42. The van der Waals surface area contributed by atoms with Crippen molar-refractivity contribution in [2.24, 2.45) is 5.41 Å². The Labute approximate surface area is 115 Å². The molecule has 0 fully saturated rings. The van der Waals surface area contributed by atoms with E-state index in [2.05, 4.69) is 30.0 Å². The van der Waals surface area contributed by atoms with Crippen molar-refractivity contribution in [3.63, 3.8) is 0 Å². The highest BCUT2D eigenvalue weighted by Gasteiger charge is 2.23. The Kier molecular flexibility index (Phi) is 13.0. The first kappa shape index (κ1) is 19.5. The number of carbonyl (C=O) groups excluding carboxylic acids is 1. The van der Waals surface area contributed by atoms with Crippen LogP contribution < -0.4 is 0 Å². The summed E-state index contributed by atoms with van der Waals surface area (Å²) in [4.78, 5) is 11.1. The lowest BCUT2D eigenvalue weighted by Gasteiger charge is -2.30. The molecule has 0 radical (unpaired) electrons. The molecule has 1 atom stereocenters. The van der Waals surface area contributed by atoms with Gasteiger partial charge in [-0.3, -0.25) is 4.79 Å². The number of ether oxygens (including phenoxy) is 1. The summed E-state index contributed by atoms with van der Waals surface area (Å²) in [5.41, 5.74) is 0.465. The third kappa shape index (κ3) is 8.00. The fourth-order valence-electron chi connectivity index (χ4n) is 2.10. The van der Waals surface area contributed by atoms with Crippen LogP contribution in [0.15, 0.2) is 0 Å². The van der Waals surface area contributed by atoms with Crippen molar-refractivity contribution in [2.45, 2.75) is 59.3 Å². The third-order valence-electron chi connectivity index (χ3n) is 3.71. The first-order chi connectivity index (χ1) is 7.64. The van der Waals surface area contributed by atoms with Gasteiger partial charge in [0.2, 0.25) is 0 Å². The average molecular weight is 283 g/mol. The predicted molar refractivity (Wildman–Crippen MR) is 79.9 cm³/mol. The molecule has 0 spiro atoms. The van der Waals surface area contributed by atoms with Gasteiger partial charge in [-0.25, -0.2) is 0 Å². The Hall–Kier alpha value is 0.190. The summed E-state index contributed by atoms with van der Waals surface area (Å²) < 4.78 is 5.16. The molecule has 0 N–H and O–H groups in total. The van der Waals surface area contributed by atoms with Crippen molar-refractivity contribution in [3.8, 4) is 0 Å². The lowest BCUT2D eigenvalue weighted by molar-refractivity contribution is -0.143. The quantitative estimate of drug-likeness (QED) is 0.360. The second-order valence-corrected chi connectivity index (χ2v) is 5.00. The molecule has 0 amide bonds. The van der Waals surface area contributed by atoms with Gasteiger partial charge < -0.3 is 4.74 Å². The smallest absolute Gasteiger partial charge is 0.306 e. The minimum Gasteiger partial charge on any atom is -0.466 e. The van der Waals surface area contributed by atoms with Gasteiger partial charge in [-0.15, -0.1) is 21.6 Å². The van der Waals surface area contributed by atoms with Crippen molar-refractivity contribution in [3.05, 3.63) is 0 Å². The van der Waals surface area contributed by atoms with Crippen LogP contribution in [0.25, 0.3) is 0 Å². The van der Waals surface area contributed by atoms with Crippen LogP contribution in [0.1, 0.15) is 59.3 Å². The summed E-state index contributed by atoms with van der Waals surface area (Å²) in [7, 11) is 2.54. The highest BCUT2D eigenvalue weighted by Crippen LogP contribution is 2.35. The molecule has 0 aliphatic rings. The summed E-state index contributed by atoms with van der Waals surface area (Å²) in [6, 6.07) is 0. The number of halogens is 1. The summed E-state index contributed by atoms with van der Waals surface area (Å²) >= 11 is 0. The van der Waals surface area contributed by atoms with E-state index in [-0.39, 0.29) is 18.4 Å². The van der Waals surface area contributed by atoms with E-state index in [0.29, 0.717) is 18.4 Å². The Morgan fingerprint density at radius 1 is 1.18 bits per heavy atom. The molecule has 0 aliphatic carbocycles. The van der Waals surface area contributed by atoms with Crippen molar-refractivity contribution in [2.75, 3.05) is 12.8 Å². The van der Waals surface area contributed by atoms with Gasteiger partial charge in [0.1, 0.15) is 0 Å². The molecule has 0 bridgehead atoms. The SMILES string of the molecule is CCC(CC)(CC)CCCOC(=O)CCP.Cl. The molecule has 0 aromatic carbocycles. The molecule has 0 saturated carbocycles. The number of hydrogen-bond donors (Lipinski definition) is 0. The zero-order valence-corrected chi connectivity index (χ0v) is 13.4. The van der Waals surface area contributed by atoms with Gasteiger partial charge in [-0.1, -0.05) is 40.0 Å². The van der Waals surface area contributed by atoms with E-state index in [4.69, 9.17) is 4.74 Å². The Bertz CT molecular complexity index is 186. The number of esters is 1. The summed E-state index contributed by atoms with van der Waals surface area (Å²) in [5, 5.41) is 0. The van der Waals surface area contributed by atoms with E-state index in [1.807, 2.05) is 0 Å². The van der Waals surface area contributed by atoms with Crippen LogP contribution in [-0.4, -0.2) is 18.7 Å². The predicted octanol–water partition coefficient (Wildman–Crippen LogP) is 4.21. The maximum atomic E-state index is 11.1. The number of hydrogen-bond acceptors (Lipinski definition) is 2. The highest BCUT2D eigenvalue weighted by atomic mass is 35.5. The zero-order chi connectivity index (χ0) is 12.4. The van der Waals surface area contributed by atoms with Crippen molar-refractivity contribution >= 4 is 27.6 Å². The van der Waals surface area contributed by atoms with Crippen LogP contribution in [0.4, 0.5) is 0 Å². The molecule has 0 aromatic rings. The number of carbonyl (C=O) groups is 1. The molecule has 1 unspecified atom stereocenters. The highest BCUT2D eigenvalue weighted by molar-refractivity contribution is 7.16. The van der Waals surface area contributed by atoms with Gasteiger partial charge in [0, 0.05) is 6.42 Å². The Balaban J connectivity index is 0. The zero-order valence-electron chi connectivity index (χ0n) is 11.5. The molecule has 17 heavy (non-hydrogen) atoms. The number of rotatable bonds is 9. The largest absolute Gasteiger partial charge is 0.466 e. The molecule has 4 heteroatoms.